The van der Waals surface area contributed by atoms with Crippen molar-refractivity contribution >= 4 is 0 Å². The number of hydrogen-bond donors (Lipinski definition) is 1. The van der Waals surface area contributed by atoms with E-state index in [0.717, 1.165) is 49.7 Å². The van der Waals surface area contributed by atoms with Crippen LogP contribution in [0, 0.1) is 0 Å². The zero-order valence-corrected chi connectivity index (χ0v) is 12.5. The summed E-state index contributed by atoms with van der Waals surface area (Å²) in [5.41, 5.74) is 1.14. The third-order valence-electron chi connectivity index (χ3n) is 2.84. The fraction of sp³-hybridized carbons (Fsp3) is 0.600. The van der Waals surface area contributed by atoms with Gasteiger partial charge in [0.1, 0.15) is 11.5 Å². The Balaban J connectivity index is 2.58. The molecule has 0 amide bonds. The third kappa shape index (κ3) is 5.94. The lowest BCUT2D eigenvalue weighted by Gasteiger charge is -2.14. The maximum atomic E-state index is 5.86. The SMILES string of the molecule is CCNCc1cc(OC)ccc1OCCCN(C)C. The Morgan fingerprint density at radius 2 is 2.05 bits per heavy atom. The Morgan fingerprint density at radius 1 is 1.26 bits per heavy atom. The van der Waals surface area contributed by atoms with E-state index in [1.54, 1.807) is 7.11 Å². The largest absolute Gasteiger partial charge is 0.497 e. The van der Waals surface area contributed by atoms with Crippen molar-refractivity contribution in [2.45, 2.75) is 19.9 Å². The molecule has 108 valence electrons. The predicted octanol–water partition coefficient (Wildman–Crippen LogP) is 2.14. The summed E-state index contributed by atoms with van der Waals surface area (Å²) in [6.45, 7) is 5.62. The zero-order chi connectivity index (χ0) is 14.1. The van der Waals surface area contributed by atoms with Gasteiger partial charge in [0.2, 0.25) is 0 Å². The Morgan fingerprint density at radius 3 is 2.68 bits per heavy atom. The average Bonchev–Trinajstić information content (AvgIpc) is 2.41. The molecule has 0 aromatic heterocycles. The molecule has 1 aromatic carbocycles. The number of nitrogens with zero attached hydrogens (tertiary/aromatic N) is 1. The highest BCUT2D eigenvalue weighted by Crippen LogP contribution is 2.24. The van der Waals surface area contributed by atoms with Gasteiger partial charge < -0.3 is 19.7 Å². The Kier molecular flexibility index (Phi) is 7.30. The van der Waals surface area contributed by atoms with Crippen LogP contribution < -0.4 is 14.8 Å². The van der Waals surface area contributed by atoms with Gasteiger partial charge in [0, 0.05) is 18.7 Å². The van der Waals surface area contributed by atoms with Gasteiger partial charge in [-0.2, -0.15) is 0 Å². The van der Waals surface area contributed by atoms with E-state index in [-0.39, 0.29) is 0 Å². The highest BCUT2D eigenvalue weighted by atomic mass is 16.5. The Labute approximate surface area is 116 Å². The summed E-state index contributed by atoms with van der Waals surface area (Å²) in [7, 11) is 5.83. The standard InChI is InChI=1S/C15H26N2O2/c1-5-16-12-13-11-14(18-4)7-8-15(13)19-10-6-9-17(2)3/h7-8,11,16H,5-6,9-10,12H2,1-4H3. The summed E-state index contributed by atoms with van der Waals surface area (Å²) in [5.74, 6) is 1.81. The van der Waals surface area contributed by atoms with Crippen LogP contribution in [0.3, 0.4) is 0 Å². The molecule has 1 aromatic rings. The molecule has 0 heterocycles. The number of benzene rings is 1. The van der Waals surface area contributed by atoms with E-state index >= 15 is 0 Å². The van der Waals surface area contributed by atoms with Gasteiger partial charge in [0.15, 0.2) is 0 Å². The van der Waals surface area contributed by atoms with Crippen LogP contribution in [0.5, 0.6) is 11.5 Å². The minimum Gasteiger partial charge on any atom is -0.497 e. The molecule has 0 aliphatic rings. The Hall–Kier alpha value is -1.26. The summed E-state index contributed by atoms with van der Waals surface area (Å²) in [6, 6.07) is 5.96. The lowest BCUT2D eigenvalue weighted by Crippen LogP contribution is -2.16. The minimum absolute atomic E-state index is 0.740. The number of nitrogens with one attached hydrogen (secondary N) is 1. The molecule has 19 heavy (non-hydrogen) atoms. The highest BCUT2D eigenvalue weighted by molar-refractivity contribution is 5.40. The fourth-order valence-corrected chi connectivity index (χ4v) is 1.78. The van der Waals surface area contributed by atoms with Gasteiger partial charge >= 0.3 is 0 Å². The molecule has 0 unspecified atom stereocenters. The van der Waals surface area contributed by atoms with Crippen LogP contribution >= 0.6 is 0 Å². The van der Waals surface area contributed by atoms with Crippen LogP contribution in [0.4, 0.5) is 0 Å². The average molecular weight is 266 g/mol. The van der Waals surface area contributed by atoms with Gasteiger partial charge in [0.25, 0.3) is 0 Å². The van der Waals surface area contributed by atoms with Crippen LogP contribution in [-0.2, 0) is 6.54 Å². The lowest BCUT2D eigenvalue weighted by atomic mass is 10.2. The summed E-state index contributed by atoms with van der Waals surface area (Å²) >= 11 is 0. The molecule has 4 nitrogen and oxygen atoms in total. The molecular weight excluding hydrogens is 240 g/mol. The number of rotatable bonds is 9. The second kappa shape index (κ2) is 8.77. The van der Waals surface area contributed by atoms with Gasteiger partial charge in [-0.15, -0.1) is 0 Å². The van der Waals surface area contributed by atoms with Crippen molar-refractivity contribution < 1.29 is 9.47 Å². The summed E-state index contributed by atoms with van der Waals surface area (Å²) in [5, 5.41) is 3.32. The van der Waals surface area contributed by atoms with Gasteiger partial charge in [-0.05, 0) is 45.3 Å². The van der Waals surface area contributed by atoms with Crippen LogP contribution in [0.2, 0.25) is 0 Å². The van der Waals surface area contributed by atoms with E-state index in [2.05, 4.69) is 31.2 Å². The summed E-state index contributed by atoms with van der Waals surface area (Å²) in [4.78, 5) is 2.16. The minimum atomic E-state index is 0.740. The molecule has 0 spiro atoms. The van der Waals surface area contributed by atoms with Crippen LogP contribution in [0.1, 0.15) is 18.9 Å². The number of methoxy groups -OCH3 is 1. The first-order valence-corrected chi connectivity index (χ1v) is 6.82. The molecule has 0 aliphatic carbocycles. The molecule has 0 aliphatic heterocycles. The van der Waals surface area contributed by atoms with Crippen LogP contribution in [0.25, 0.3) is 0 Å². The highest BCUT2D eigenvalue weighted by Gasteiger charge is 2.05. The smallest absolute Gasteiger partial charge is 0.124 e. The van der Waals surface area contributed by atoms with E-state index in [9.17, 15) is 0 Å². The molecule has 4 heteroatoms. The van der Waals surface area contributed by atoms with E-state index in [4.69, 9.17) is 9.47 Å². The first-order chi connectivity index (χ1) is 9.17. The van der Waals surface area contributed by atoms with E-state index in [0.29, 0.717) is 0 Å². The monoisotopic (exact) mass is 266 g/mol. The maximum Gasteiger partial charge on any atom is 0.124 e. The van der Waals surface area contributed by atoms with Crippen molar-refractivity contribution in [1.82, 2.24) is 10.2 Å². The van der Waals surface area contributed by atoms with Gasteiger partial charge in [-0.1, -0.05) is 6.92 Å². The van der Waals surface area contributed by atoms with E-state index in [1.165, 1.54) is 0 Å². The van der Waals surface area contributed by atoms with Crippen molar-refractivity contribution in [3.8, 4) is 11.5 Å². The predicted molar refractivity (Wildman–Crippen MR) is 79.0 cm³/mol. The molecule has 0 radical (unpaired) electrons. The maximum absolute atomic E-state index is 5.86. The number of ether oxygens (including phenoxy) is 2. The van der Waals surface area contributed by atoms with Crippen LogP contribution in [-0.4, -0.2) is 45.8 Å². The first kappa shape index (κ1) is 15.8. The normalized spacial score (nSPS) is 10.8. The summed E-state index contributed by atoms with van der Waals surface area (Å²) in [6.07, 6.45) is 1.03. The van der Waals surface area contributed by atoms with Gasteiger partial charge in [0.05, 0.1) is 13.7 Å². The third-order valence-corrected chi connectivity index (χ3v) is 2.84. The number of hydrogen-bond acceptors (Lipinski definition) is 4. The van der Waals surface area contributed by atoms with Crippen molar-refractivity contribution in [2.75, 3.05) is 40.9 Å². The molecular formula is C15H26N2O2. The van der Waals surface area contributed by atoms with Crippen molar-refractivity contribution in [3.05, 3.63) is 23.8 Å². The van der Waals surface area contributed by atoms with Crippen molar-refractivity contribution in [2.24, 2.45) is 0 Å². The molecule has 0 fully saturated rings. The second-order valence-electron chi connectivity index (χ2n) is 4.76. The molecule has 0 atom stereocenters. The molecule has 1 rings (SSSR count). The van der Waals surface area contributed by atoms with Crippen molar-refractivity contribution in [3.63, 3.8) is 0 Å². The molecule has 0 saturated carbocycles. The van der Waals surface area contributed by atoms with E-state index in [1.807, 2.05) is 18.2 Å². The molecule has 0 saturated heterocycles. The van der Waals surface area contributed by atoms with E-state index < -0.39 is 0 Å². The fourth-order valence-electron chi connectivity index (χ4n) is 1.78. The summed E-state index contributed by atoms with van der Waals surface area (Å²) < 4.78 is 11.1. The van der Waals surface area contributed by atoms with Gasteiger partial charge in [-0.25, -0.2) is 0 Å². The molecule has 0 bridgehead atoms. The van der Waals surface area contributed by atoms with Gasteiger partial charge in [-0.3, -0.25) is 0 Å². The lowest BCUT2D eigenvalue weighted by molar-refractivity contribution is 0.278. The van der Waals surface area contributed by atoms with Crippen LogP contribution in [0.15, 0.2) is 18.2 Å². The topological polar surface area (TPSA) is 33.7 Å². The Bertz CT molecular complexity index is 367. The second-order valence-corrected chi connectivity index (χ2v) is 4.76. The zero-order valence-electron chi connectivity index (χ0n) is 12.5. The first-order valence-electron chi connectivity index (χ1n) is 6.82. The van der Waals surface area contributed by atoms with Crippen molar-refractivity contribution in [1.29, 1.82) is 0 Å². The molecule has 1 N–H and O–H groups in total. The quantitative estimate of drug-likeness (QED) is 0.694.